The lowest BCUT2D eigenvalue weighted by Gasteiger charge is -2.18. The zero-order valence-corrected chi connectivity index (χ0v) is 15.6. The molecule has 0 saturated carbocycles. The van der Waals surface area contributed by atoms with E-state index in [0.29, 0.717) is 19.4 Å². The Morgan fingerprint density at radius 2 is 1.93 bits per heavy atom. The number of pyridine rings is 1. The predicted octanol–water partition coefficient (Wildman–Crippen LogP) is 2.06. The molecule has 0 saturated heterocycles. The standard InChI is InChI=1S/C18H27FN4O4/c1-3-6-12(2)22-18(27)23-14(17(25)26)7-4-5-10-20-16(24)13-8-9-15(19)21-11-13/h8-9,11-12,14H,3-7,10H2,1-2H3,(H,20,24)(H,25,26)(H2,22,23,27)/i19-1. The van der Waals surface area contributed by atoms with E-state index in [4.69, 9.17) is 0 Å². The first-order valence-corrected chi connectivity index (χ1v) is 9.03. The molecule has 0 aliphatic carbocycles. The van der Waals surface area contributed by atoms with E-state index in [1.165, 1.54) is 6.07 Å². The van der Waals surface area contributed by atoms with Crippen LogP contribution in [0.1, 0.15) is 56.3 Å². The van der Waals surface area contributed by atoms with Gasteiger partial charge in [0.1, 0.15) is 6.04 Å². The average molecular weight is 381 g/mol. The minimum absolute atomic E-state index is 0.0272. The maximum Gasteiger partial charge on any atom is 0.326 e. The molecule has 150 valence electrons. The van der Waals surface area contributed by atoms with E-state index in [1.54, 1.807) is 0 Å². The summed E-state index contributed by atoms with van der Waals surface area (Å²) in [5.41, 5.74) is 0.249. The van der Waals surface area contributed by atoms with Gasteiger partial charge in [0.05, 0.1) is 5.56 Å². The van der Waals surface area contributed by atoms with Gasteiger partial charge in [0, 0.05) is 18.8 Å². The van der Waals surface area contributed by atoms with Crippen LogP contribution in [-0.2, 0) is 4.79 Å². The van der Waals surface area contributed by atoms with Crippen molar-refractivity contribution in [3.8, 4) is 0 Å². The summed E-state index contributed by atoms with van der Waals surface area (Å²) in [5.74, 6) is -2.14. The summed E-state index contributed by atoms with van der Waals surface area (Å²) in [4.78, 5) is 38.3. The Hall–Kier alpha value is -2.71. The van der Waals surface area contributed by atoms with E-state index in [0.717, 1.165) is 25.1 Å². The van der Waals surface area contributed by atoms with Crippen LogP contribution in [0.4, 0.5) is 9.18 Å². The van der Waals surface area contributed by atoms with Gasteiger partial charge in [-0.25, -0.2) is 14.6 Å². The number of nitrogens with zero attached hydrogens (tertiary/aromatic N) is 1. The molecule has 8 nitrogen and oxygen atoms in total. The second kappa shape index (κ2) is 11.8. The molecule has 0 aromatic carbocycles. The summed E-state index contributed by atoms with van der Waals surface area (Å²) in [7, 11) is 0. The number of amides is 3. The molecule has 3 amide bonds. The molecule has 2 unspecified atom stereocenters. The lowest BCUT2D eigenvalue weighted by atomic mass is 10.1. The number of carbonyl (C=O) groups is 3. The number of aliphatic carboxylic acids is 1. The second-order valence-corrected chi connectivity index (χ2v) is 6.32. The summed E-state index contributed by atoms with van der Waals surface area (Å²) in [6.07, 6.45) is 4.17. The van der Waals surface area contributed by atoms with Gasteiger partial charge in [0.15, 0.2) is 0 Å². The molecular weight excluding hydrogens is 354 g/mol. The van der Waals surface area contributed by atoms with Gasteiger partial charge in [-0.05, 0) is 44.7 Å². The van der Waals surface area contributed by atoms with Gasteiger partial charge in [-0.15, -0.1) is 0 Å². The average Bonchev–Trinajstić information content (AvgIpc) is 2.60. The van der Waals surface area contributed by atoms with E-state index in [-0.39, 0.29) is 23.9 Å². The van der Waals surface area contributed by atoms with Crippen LogP contribution in [0, 0.1) is 5.95 Å². The molecule has 0 bridgehead atoms. The fraction of sp³-hybridized carbons (Fsp3) is 0.556. The fourth-order valence-corrected chi connectivity index (χ4v) is 2.47. The van der Waals surface area contributed by atoms with Crippen molar-refractivity contribution in [3.05, 3.63) is 29.8 Å². The number of unbranched alkanes of at least 4 members (excludes halogenated alkanes) is 1. The maximum absolute atomic E-state index is 12.7. The van der Waals surface area contributed by atoms with Crippen LogP contribution >= 0.6 is 0 Å². The van der Waals surface area contributed by atoms with Crippen molar-refractivity contribution in [1.82, 2.24) is 20.9 Å². The van der Waals surface area contributed by atoms with Gasteiger partial charge in [-0.1, -0.05) is 13.3 Å². The van der Waals surface area contributed by atoms with Crippen molar-refractivity contribution in [2.45, 2.75) is 58.0 Å². The Morgan fingerprint density at radius 3 is 2.52 bits per heavy atom. The number of hydrogen-bond acceptors (Lipinski definition) is 4. The number of nitrogens with one attached hydrogen (secondary N) is 3. The molecule has 1 aromatic rings. The quantitative estimate of drug-likeness (QED) is 0.345. The van der Waals surface area contributed by atoms with Gasteiger partial charge in [-0.2, -0.15) is 4.39 Å². The fourth-order valence-electron chi connectivity index (χ4n) is 2.47. The highest BCUT2D eigenvalue weighted by Crippen LogP contribution is 2.03. The molecule has 4 N–H and O–H groups in total. The lowest BCUT2D eigenvalue weighted by molar-refractivity contribution is -0.139. The normalized spacial score (nSPS) is 12.7. The highest BCUT2D eigenvalue weighted by atomic mass is 18.2. The minimum Gasteiger partial charge on any atom is -0.480 e. The first kappa shape index (κ1) is 22.3. The molecule has 0 radical (unpaired) electrons. The summed E-state index contributed by atoms with van der Waals surface area (Å²) in [5, 5.41) is 17.0. The highest BCUT2D eigenvalue weighted by Gasteiger charge is 2.20. The number of urea groups is 1. The van der Waals surface area contributed by atoms with Crippen molar-refractivity contribution >= 4 is 17.9 Å². The predicted molar refractivity (Wildman–Crippen MR) is 97.8 cm³/mol. The molecule has 0 fully saturated rings. The van der Waals surface area contributed by atoms with E-state index in [9.17, 15) is 23.9 Å². The van der Waals surface area contributed by atoms with Crippen LogP contribution in [0.15, 0.2) is 18.3 Å². The Kier molecular flexibility index (Phi) is 9.78. The lowest BCUT2D eigenvalue weighted by Crippen LogP contribution is -2.48. The summed E-state index contributed by atoms with van der Waals surface area (Å²) < 4.78 is 12.7. The molecule has 0 spiro atoms. The van der Waals surface area contributed by atoms with Gasteiger partial charge in [0.25, 0.3) is 5.91 Å². The third-order valence-electron chi connectivity index (χ3n) is 3.90. The van der Waals surface area contributed by atoms with E-state index >= 15 is 0 Å². The van der Waals surface area contributed by atoms with E-state index in [2.05, 4.69) is 20.9 Å². The molecule has 27 heavy (non-hydrogen) atoms. The minimum atomic E-state index is -1.10. The molecule has 2 atom stereocenters. The summed E-state index contributed by atoms with van der Waals surface area (Å²) >= 11 is 0. The molecule has 1 rings (SSSR count). The number of carboxylic acid groups (broad SMARTS) is 1. The first-order chi connectivity index (χ1) is 12.8. The van der Waals surface area contributed by atoms with Crippen molar-refractivity contribution in [2.75, 3.05) is 6.54 Å². The highest BCUT2D eigenvalue weighted by molar-refractivity contribution is 5.93. The Bertz CT molecular complexity index is 624. The zero-order valence-electron chi connectivity index (χ0n) is 15.6. The third kappa shape index (κ3) is 8.98. The van der Waals surface area contributed by atoms with Crippen molar-refractivity contribution in [1.29, 1.82) is 0 Å². The van der Waals surface area contributed by atoms with E-state index in [1.807, 2.05) is 13.8 Å². The smallest absolute Gasteiger partial charge is 0.326 e. The molecule has 1 aromatic heterocycles. The first-order valence-electron chi connectivity index (χ1n) is 9.03. The molecular formula is C18H27FN4O4. The van der Waals surface area contributed by atoms with Crippen molar-refractivity contribution in [2.24, 2.45) is 0 Å². The zero-order chi connectivity index (χ0) is 20.2. The number of hydrogen-bond donors (Lipinski definition) is 4. The van der Waals surface area contributed by atoms with Gasteiger partial charge in [-0.3, -0.25) is 4.79 Å². The van der Waals surface area contributed by atoms with Crippen LogP contribution in [0.5, 0.6) is 0 Å². The SMILES string of the molecule is CCCC(C)NC(=O)NC(CCCCNC(=O)c1ccc([18F])nc1)C(=O)O. The monoisotopic (exact) mass is 381 g/mol. The van der Waals surface area contributed by atoms with Gasteiger partial charge < -0.3 is 21.1 Å². The van der Waals surface area contributed by atoms with Crippen LogP contribution in [0.2, 0.25) is 0 Å². The molecule has 1 heterocycles. The number of carboxylic acids is 1. The number of carbonyl (C=O) groups excluding carboxylic acids is 2. The Labute approximate surface area is 157 Å². The van der Waals surface area contributed by atoms with Crippen molar-refractivity contribution in [3.63, 3.8) is 0 Å². The largest absolute Gasteiger partial charge is 0.480 e. The Balaban J connectivity index is 2.30. The molecule has 0 aliphatic rings. The summed E-state index contributed by atoms with van der Waals surface area (Å²) in [6.45, 7) is 4.20. The number of halogens is 1. The third-order valence-corrected chi connectivity index (χ3v) is 3.90. The molecule has 9 heteroatoms. The van der Waals surface area contributed by atoms with Crippen molar-refractivity contribution < 1.29 is 23.9 Å². The van der Waals surface area contributed by atoms with Crippen LogP contribution in [-0.4, -0.2) is 46.6 Å². The van der Waals surface area contributed by atoms with Crippen LogP contribution in [0.25, 0.3) is 0 Å². The second-order valence-electron chi connectivity index (χ2n) is 6.32. The van der Waals surface area contributed by atoms with E-state index < -0.39 is 24.0 Å². The Morgan fingerprint density at radius 1 is 1.19 bits per heavy atom. The number of aromatic nitrogens is 1. The maximum atomic E-state index is 12.7. The van der Waals surface area contributed by atoms with Gasteiger partial charge >= 0.3 is 12.0 Å². The summed E-state index contributed by atoms with van der Waals surface area (Å²) in [6, 6.07) is 0.918. The topological polar surface area (TPSA) is 120 Å². The number of rotatable bonds is 11. The van der Waals surface area contributed by atoms with Gasteiger partial charge in [0.2, 0.25) is 5.95 Å². The van der Waals surface area contributed by atoms with Crippen LogP contribution in [0.3, 0.4) is 0 Å². The molecule has 0 aliphatic heterocycles. The van der Waals surface area contributed by atoms with Crippen LogP contribution < -0.4 is 16.0 Å².